The number of nitrogens with two attached hydrogens (primary N) is 1. The third kappa shape index (κ3) is 3.54. The van der Waals surface area contributed by atoms with Crippen LogP contribution >= 0.6 is 0 Å². The highest BCUT2D eigenvalue weighted by atomic mass is 32.2. The van der Waals surface area contributed by atoms with Crippen molar-refractivity contribution in [3.8, 4) is 11.5 Å². The molecule has 1 aliphatic heterocycles. The van der Waals surface area contributed by atoms with Gasteiger partial charge in [-0.25, -0.2) is 17.9 Å². The lowest BCUT2D eigenvalue weighted by molar-refractivity contribution is -0.117. The van der Waals surface area contributed by atoms with Gasteiger partial charge in [0.15, 0.2) is 0 Å². The SMILES string of the molecule is NS(=O)(=O)CC1CC(=O)N(c2nnc(-c3cccc(F)c3)o2)C1. The maximum Gasteiger partial charge on any atom is 0.325 e. The number of nitrogens with zero attached hydrogens (tertiary/aromatic N) is 3. The van der Waals surface area contributed by atoms with E-state index in [1.54, 1.807) is 6.07 Å². The van der Waals surface area contributed by atoms with E-state index in [1.165, 1.54) is 23.1 Å². The van der Waals surface area contributed by atoms with E-state index >= 15 is 0 Å². The van der Waals surface area contributed by atoms with Crippen molar-refractivity contribution in [1.82, 2.24) is 10.2 Å². The molecule has 10 heteroatoms. The number of hydrogen-bond acceptors (Lipinski definition) is 6. The van der Waals surface area contributed by atoms with Crippen LogP contribution in [0.3, 0.4) is 0 Å². The Balaban J connectivity index is 1.79. The van der Waals surface area contributed by atoms with Crippen molar-refractivity contribution in [2.24, 2.45) is 11.1 Å². The number of aromatic nitrogens is 2. The lowest BCUT2D eigenvalue weighted by Crippen LogP contribution is -2.27. The maximum absolute atomic E-state index is 13.2. The van der Waals surface area contributed by atoms with Crippen molar-refractivity contribution >= 4 is 21.9 Å². The van der Waals surface area contributed by atoms with Crippen LogP contribution in [0.25, 0.3) is 11.5 Å². The van der Waals surface area contributed by atoms with E-state index in [9.17, 15) is 17.6 Å². The van der Waals surface area contributed by atoms with Crippen LogP contribution in [0.4, 0.5) is 10.4 Å². The van der Waals surface area contributed by atoms with Crippen LogP contribution in [0, 0.1) is 11.7 Å². The molecule has 2 N–H and O–H groups in total. The summed E-state index contributed by atoms with van der Waals surface area (Å²) < 4.78 is 40.8. The topological polar surface area (TPSA) is 119 Å². The van der Waals surface area contributed by atoms with E-state index in [4.69, 9.17) is 9.56 Å². The van der Waals surface area contributed by atoms with Crippen LogP contribution in [-0.4, -0.2) is 36.8 Å². The molecule has 1 amide bonds. The van der Waals surface area contributed by atoms with Crippen molar-refractivity contribution in [3.05, 3.63) is 30.1 Å². The largest absolute Gasteiger partial charge is 0.403 e. The molecule has 1 atom stereocenters. The fourth-order valence-corrected chi connectivity index (χ4v) is 3.35. The highest BCUT2D eigenvalue weighted by Gasteiger charge is 2.35. The molecule has 2 heterocycles. The normalized spacial score (nSPS) is 18.6. The lowest BCUT2D eigenvalue weighted by atomic mass is 10.1. The number of rotatable bonds is 4. The highest BCUT2D eigenvalue weighted by molar-refractivity contribution is 7.89. The summed E-state index contributed by atoms with van der Waals surface area (Å²) in [4.78, 5) is 13.2. The van der Waals surface area contributed by atoms with Gasteiger partial charge in [0.05, 0.1) is 5.75 Å². The molecule has 0 aliphatic carbocycles. The summed E-state index contributed by atoms with van der Waals surface area (Å²) >= 11 is 0. The first-order valence-electron chi connectivity index (χ1n) is 6.72. The summed E-state index contributed by atoms with van der Waals surface area (Å²) in [5.74, 6) is -1.43. The number of hydrogen-bond donors (Lipinski definition) is 1. The summed E-state index contributed by atoms with van der Waals surface area (Å²) in [6.45, 7) is 0.125. The summed E-state index contributed by atoms with van der Waals surface area (Å²) in [7, 11) is -3.67. The number of carbonyl (C=O) groups is 1. The Morgan fingerprint density at radius 3 is 2.87 bits per heavy atom. The van der Waals surface area contributed by atoms with Gasteiger partial charge < -0.3 is 4.42 Å². The standard InChI is InChI=1S/C13H13FN4O4S/c14-10-3-1-2-9(5-10)12-16-17-13(22-12)18-6-8(4-11(18)19)7-23(15,20)21/h1-3,5,8H,4,6-7H2,(H2,15,20,21). The van der Waals surface area contributed by atoms with E-state index < -0.39 is 21.8 Å². The van der Waals surface area contributed by atoms with Gasteiger partial charge in [-0.1, -0.05) is 11.2 Å². The molecule has 1 saturated heterocycles. The van der Waals surface area contributed by atoms with E-state index in [1.807, 2.05) is 0 Å². The molecule has 0 radical (unpaired) electrons. The van der Waals surface area contributed by atoms with Gasteiger partial charge in [0.1, 0.15) is 5.82 Å². The smallest absolute Gasteiger partial charge is 0.325 e. The Bertz CT molecular complexity index is 851. The van der Waals surface area contributed by atoms with Gasteiger partial charge in [-0.3, -0.25) is 9.69 Å². The van der Waals surface area contributed by atoms with Gasteiger partial charge in [0.25, 0.3) is 0 Å². The third-order valence-electron chi connectivity index (χ3n) is 3.39. The zero-order chi connectivity index (χ0) is 16.6. The molecule has 1 unspecified atom stereocenters. The van der Waals surface area contributed by atoms with Crippen molar-refractivity contribution in [3.63, 3.8) is 0 Å². The zero-order valence-corrected chi connectivity index (χ0v) is 12.7. The maximum atomic E-state index is 13.2. The van der Waals surface area contributed by atoms with Crippen LogP contribution in [0.1, 0.15) is 6.42 Å². The van der Waals surface area contributed by atoms with Crippen molar-refractivity contribution < 1.29 is 22.0 Å². The van der Waals surface area contributed by atoms with Gasteiger partial charge in [0.2, 0.25) is 21.8 Å². The summed E-state index contributed by atoms with van der Waals surface area (Å²) in [5.41, 5.74) is 0.386. The van der Waals surface area contributed by atoms with E-state index in [-0.39, 0.29) is 36.5 Å². The van der Waals surface area contributed by atoms with Crippen LogP contribution in [0.15, 0.2) is 28.7 Å². The fraction of sp³-hybridized carbons (Fsp3) is 0.308. The Labute approximate surface area is 131 Å². The molecule has 1 fully saturated rings. The molecule has 122 valence electrons. The minimum Gasteiger partial charge on any atom is -0.403 e. The molecule has 23 heavy (non-hydrogen) atoms. The Morgan fingerprint density at radius 2 is 2.17 bits per heavy atom. The Hall–Kier alpha value is -2.33. The molecule has 0 bridgehead atoms. The second kappa shape index (κ2) is 5.70. The molecule has 0 spiro atoms. The van der Waals surface area contributed by atoms with E-state index in [0.29, 0.717) is 5.56 Å². The average molecular weight is 340 g/mol. The van der Waals surface area contributed by atoms with Gasteiger partial charge in [-0.2, -0.15) is 0 Å². The molecule has 3 rings (SSSR count). The lowest BCUT2D eigenvalue weighted by Gasteiger charge is -2.10. The molecule has 8 nitrogen and oxygen atoms in total. The zero-order valence-electron chi connectivity index (χ0n) is 11.8. The number of sulfonamides is 1. The first-order chi connectivity index (χ1) is 10.8. The number of halogens is 1. The second-order valence-corrected chi connectivity index (χ2v) is 6.96. The molecule has 0 saturated carbocycles. The predicted molar refractivity (Wildman–Crippen MR) is 78.1 cm³/mol. The average Bonchev–Trinajstić information content (AvgIpc) is 3.03. The van der Waals surface area contributed by atoms with Gasteiger partial charge in [-0.05, 0) is 18.2 Å². The first-order valence-corrected chi connectivity index (χ1v) is 8.43. The van der Waals surface area contributed by atoms with E-state index in [2.05, 4.69) is 10.2 Å². The quantitative estimate of drug-likeness (QED) is 0.866. The second-order valence-electron chi connectivity index (χ2n) is 5.30. The van der Waals surface area contributed by atoms with E-state index in [0.717, 1.165) is 0 Å². The Kier molecular flexibility index (Phi) is 3.86. The number of anilines is 1. The number of amides is 1. The van der Waals surface area contributed by atoms with Crippen molar-refractivity contribution in [2.75, 3.05) is 17.2 Å². The summed E-state index contributed by atoms with van der Waals surface area (Å²) in [6, 6.07) is 5.55. The van der Waals surface area contributed by atoms with Crippen LogP contribution < -0.4 is 10.0 Å². The number of benzene rings is 1. The van der Waals surface area contributed by atoms with Crippen molar-refractivity contribution in [2.45, 2.75) is 6.42 Å². The first kappa shape index (κ1) is 15.6. The van der Waals surface area contributed by atoms with Gasteiger partial charge >= 0.3 is 6.01 Å². The predicted octanol–water partition coefficient (Wildman–Crippen LogP) is 0.517. The molecule has 1 aromatic heterocycles. The molecular formula is C13H13FN4O4S. The number of carbonyl (C=O) groups excluding carboxylic acids is 1. The Morgan fingerprint density at radius 1 is 1.39 bits per heavy atom. The van der Waals surface area contributed by atoms with Gasteiger partial charge in [0, 0.05) is 24.4 Å². The fourth-order valence-electron chi connectivity index (χ4n) is 2.47. The monoisotopic (exact) mass is 340 g/mol. The highest BCUT2D eigenvalue weighted by Crippen LogP contribution is 2.27. The summed E-state index contributed by atoms with van der Waals surface area (Å²) in [6.07, 6.45) is 0.0358. The van der Waals surface area contributed by atoms with Crippen LogP contribution in [0.2, 0.25) is 0 Å². The third-order valence-corrected chi connectivity index (χ3v) is 4.33. The molecule has 1 aliphatic rings. The van der Waals surface area contributed by atoms with Crippen LogP contribution in [0.5, 0.6) is 0 Å². The molecule has 2 aromatic rings. The minimum atomic E-state index is -3.67. The minimum absolute atomic E-state index is 0.0358. The number of primary sulfonamides is 1. The summed E-state index contributed by atoms with van der Waals surface area (Å²) in [5, 5.41) is 12.6. The van der Waals surface area contributed by atoms with Crippen molar-refractivity contribution in [1.29, 1.82) is 0 Å². The molecular weight excluding hydrogens is 327 g/mol. The van der Waals surface area contributed by atoms with Crippen LogP contribution in [-0.2, 0) is 14.8 Å². The molecule has 1 aromatic carbocycles. The van der Waals surface area contributed by atoms with Gasteiger partial charge in [-0.15, -0.1) is 5.10 Å².